The predicted octanol–water partition coefficient (Wildman–Crippen LogP) is 2.95. The predicted molar refractivity (Wildman–Crippen MR) is 89.2 cm³/mol. The monoisotopic (exact) mass is 293 g/mol. The van der Waals surface area contributed by atoms with Gasteiger partial charge < -0.3 is 15.2 Å². The van der Waals surface area contributed by atoms with Crippen molar-refractivity contribution in [3.05, 3.63) is 47.9 Å². The van der Waals surface area contributed by atoms with Crippen molar-refractivity contribution in [3.8, 4) is 0 Å². The Bertz CT molecular complexity index is 808. The van der Waals surface area contributed by atoms with Crippen LogP contribution in [0.25, 0.3) is 11.0 Å². The number of benzene rings is 1. The van der Waals surface area contributed by atoms with Crippen LogP contribution in [0.4, 0.5) is 11.5 Å². The van der Waals surface area contributed by atoms with Crippen molar-refractivity contribution in [1.82, 2.24) is 15.0 Å². The number of aryl methyl sites for hydroxylation is 1. The summed E-state index contributed by atoms with van der Waals surface area (Å²) in [4.78, 5) is 14.6. The molecule has 0 radical (unpaired) electrons. The third-order valence-corrected chi connectivity index (χ3v) is 4.29. The van der Waals surface area contributed by atoms with Crippen LogP contribution >= 0.6 is 0 Å². The molecule has 0 unspecified atom stereocenters. The maximum atomic E-state index is 4.59. The zero-order valence-corrected chi connectivity index (χ0v) is 12.6. The van der Waals surface area contributed by atoms with E-state index in [0.29, 0.717) is 0 Å². The van der Waals surface area contributed by atoms with E-state index in [-0.39, 0.29) is 0 Å². The van der Waals surface area contributed by atoms with Gasteiger partial charge in [-0.3, -0.25) is 0 Å². The average Bonchev–Trinajstić information content (AvgIpc) is 2.86. The molecule has 3 aromatic rings. The number of nitrogens with one attached hydrogen (secondary N) is 2. The Morgan fingerprint density at radius 3 is 3.05 bits per heavy atom. The van der Waals surface area contributed by atoms with E-state index in [2.05, 4.69) is 56.4 Å². The Morgan fingerprint density at radius 1 is 1.23 bits per heavy atom. The number of para-hydroxylation sites is 1. The second-order valence-corrected chi connectivity index (χ2v) is 5.59. The van der Waals surface area contributed by atoms with E-state index >= 15 is 0 Å². The minimum Gasteiger partial charge on any atom is -0.383 e. The molecule has 0 saturated heterocycles. The molecule has 0 atom stereocenters. The molecular formula is C17H19N5. The first kappa shape index (κ1) is 13.1. The summed E-state index contributed by atoms with van der Waals surface area (Å²) in [7, 11) is 0. The summed E-state index contributed by atoms with van der Waals surface area (Å²) in [6.07, 6.45) is 4.67. The normalized spacial score (nSPS) is 14.5. The van der Waals surface area contributed by atoms with E-state index in [4.69, 9.17) is 0 Å². The maximum absolute atomic E-state index is 4.59. The number of aromatic nitrogens is 3. The fourth-order valence-corrected chi connectivity index (χ4v) is 3.15. The van der Waals surface area contributed by atoms with Crippen LogP contribution in [0.1, 0.15) is 18.1 Å². The van der Waals surface area contributed by atoms with Crippen LogP contribution in [0.5, 0.6) is 0 Å². The molecule has 0 saturated carbocycles. The van der Waals surface area contributed by atoms with Gasteiger partial charge in [0, 0.05) is 31.5 Å². The number of hydrogen-bond donors (Lipinski definition) is 2. The second kappa shape index (κ2) is 5.33. The molecule has 1 aromatic carbocycles. The lowest BCUT2D eigenvalue weighted by Gasteiger charge is -2.22. The van der Waals surface area contributed by atoms with Crippen molar-refractivity contribution in [2.45, 2.75) is 19.9 Å². The van der Waals surface area contributed by atoms with Gasteiger partial charge in [0.25, 0.3) is 0 Å². The van der Waals surface area contributed by atoms with Crippen LogP contribution in [-0.4, -0.2) is 28.0 Å². The Hall–Kier alpha value is -2.56. The Labute approximate surface area is 129 Å². The van der Waals surface area contributed by atoms with E-state index in [9.17, 15) is 0 Å². The molecule has 2 aromatic heterocycles. The van der Waals surface area contributed by atoms with Crippen molar-refractivity contribution in [2.24, 2.45) is 0 Å². The molecule has 0 spiro atoms. The van der Waals surface area contributed by atoms with Crippen molar-refractivity contribution in [1.29, 1.82) is 0 Å². The number of fused-ring (bicyclic) bond motifs is 2. The molecule has 1 aliphatic rings. The maximum Gasteiger partial charge on any atom is 0.143 e. The highest BCUT2D eigenvalue weighted by Gasteiger charge is 2.19. The van der Waals surface area contributed by atoms with Gasteiger partial charge in [0.15, 0.2) is 0 Å². The molecule has 5 heteroatoms. The third-order valence-electron chi connectivity index (χ3n) is 4.29. The largest absolute Gasteiger partial charge is 0.383 e. The van der Waals surface area contributed by atoms with Gasteiger partial charge in [-0.2, -0.15) is 0 Å². The molecule has 3 heterocycles. The molecule has 1 aliphatic heterocycles. The lowest BCUT2D eigenvalue weighted by Crippen LogP contribution is -2.26. The zero-order chi connectivity index (χ0) is 14.9. The number of anilines is 2. The van der Waals surface area contributed by atoms with E-state index < -0.39 is 0 Å². The third kappa shape index (κ3) is 2.09. The summed E-state index contributed by atoms with van der Waals surface area (Å²) in [5.41, 5.74) is 4.73. The summed E-state index contributed by atoms with van der Waals surface area (Å²) in [5.74, 6) is 1.03. The van der Waals surface area contributed by atoms with E-state index in [1.165, 1.54) is 16.8 Å². The van der Waals surface area contributed by atoms with Gasteiger partial charge in [-0.15, -0.1) is 0 Å². The lowest BCUT2D eigenvalue weighted by atomic mass is 10.1. The van der Waals surface area contributed by atoms with Crippen molar-refractivity contribution < 1.29 is 0 Å². The molecule has 2 N–H and O–H groups in total. The smallest absolute Gasteiger partial charge is 0.143 e. The number of rotatable bonds is 2. The molecule has 0 amide bonds. The Morgan fingerprint density at radius 2 is 2.14 bits per heavy atom. The van der Waals surface area contributed by atoms with Crippen molar-refractivity contribution >= 4 is 22.5 Å². The first-order chi connectivity index (χ1) is 10.9. The van der Waals surface area contributed by atoms with Crippen LogP contribution < -0.4 is 10.2 Å². The van der Waals surface area contributed by atoms with Gasteiger partial charge in [-0.05, 0) is 23.6 Å². The zero-order valence-electron chi connectivity index (χ0n) is 12.6. The number of H-pyrrole nitrogens is 1. The minimum absolute atomic E-state index is 0.865. The quantitative estimate of drug-likeness (QED) is 0.762. The Kier molecular flexibility index (Phi) is 3.18. The van der Waals surface area contributed by atoms with E-state index in [1.807, 2.05) is 6.20 Å². The SMILES string of the molecule is CCc1c[nH]c2ncnc(N3CCNc4ccccc4C3)c12. The van der Waals surface area contributed by atoms with E-state index in [1.54, 1.807) is 6.33 Å². The number of hydrogen-bond acceptors (Lipinski definition) is 4. The van der Waals surface area contributed by atoms with Crippen LogP contribution in [-0.2, 0) is 13.0 Å². The molecule has 0 aliphatic carbocycles. The molecule has 0 bridgehead atoms. The van der Waals surface area contributed by atoms with Crippen molar-refractivity contribution in [3.63, 3.8) is 0 Å². The highest BCUT2D eigenvalue weighted by atomic mass is 15.2. The molecule has 4 rings (SSSR count). The molecule has 22 heavy (non-hydrogen) atoms. The summed E-state index contributed by atoms with van der Waals surface area (Å²) in [5, 5.41) is 4.66. The first-order valence-corrected chi connectivity index (χ1v) is 7.74. The standard InChI is InChI=1S/C17H19N5/c1-2-12-9-19-16-15(12)17(21-11-20-16)22-8-7-18-14-6-4-3-5-13(14)10-22/h3-6,9,11,18H,2,7-8,10H2,1H3,(H,19,20,21). The second-order valence-electron chi connectivity index (χ2n) is 5.59. The number of aromatic amines is 1. The summed E-state index contributed by atoms with van der Waals surface area (Å²) in [6, 6.07) is 8.48. The highest BCUT2D eigenvalue weighted by Crippen LogP contribution is 2.30. The molecule has 112 valence electrons. The lowest BCUT2D eigenvalue weighted by molar-refractivity contribution is 0.813. The van der Waals surface area contributed by atoms with Gasteiger partial charge in [0.05, 0.1) is 5.39 Å². The molecular weight excluding hydrogens is 274 g/mol. The van der Waals surface area contributed by atoms with Crippen LogP contribution in [0.3, 0.4) is 0 Å². The summed E-state index contributed by atoms with van der Waals surface area (Å²) < 4.78 is 0. The fraction of sp³-hybridized carbons (Fsp3) is 0.294. The minimum atomic E-state index is 0.865. The van der Waals surface area contributed by atoms with Crippen LogP contribution in [0.2, 0.25) is 0 Å². The van der Waals surface area contributed by atoms with E-state index in [0.717, 1.165) is 42.9 Å². The highest BCUT2D eigenvalue weighted by molar-refractivity contribution is 5.91. The van der Waals surface area contributed by atoms with Crippen LogP contribution in [0, 0.1) is 0 Å². The first-order valence-electron chi connectivity index (χ1n) is 7.74. The van der Waals surface area contributed by atoms with Gasteiger partial charge in [0.2, 0.25) is 0 Å². The van der Waals surface area contributed by atoms with Gasteiger partial charge in [-0.25, -0.2) is 9.97 Å². The average molecular weight is 293 g/mol. The molecule has 5 nitrogen and oxygen atoms in total. The summed E-state index contributed by atoms with van der Waals surface area (Å²) in [6.45, 7) is 4.87. The summed E-state index contributed by atoms with van der Waals surface area (Å²) >= 11 is 0. The molecule has 0 fully saturated rings. The topological polar surface area (TPSA) is 56.8 Å². The van der Waals surface area contributed by atoms with Gasteiger partial charge in [-0.1, -0.05) is 25.1 Å². The van der Waals surface area contributed by atoms with Gasteiger partial charge in [0.1, 0.15) is 17.8 Å². The fourth-order valence-electron chi connectivity index (χ4n) is 3.15. The van der Waals surface area contributed by atoms with Crippen LogP contribution in [0.15, 0.2) is 36.8 Å². The van der Waals surface area contributed by atoms with Gasteiger partial charge >= 0.3 is 0 Å². The van der Waals surface area contributed by atoms with Crippen molar-refractivity contribution in [2.75, 3.05) is 23.3 Å². The number of nitrogens with zero attached hydrogens (tertiary/aromatic N) is 3. The Balaban J connectivity index is 1.80.